The number of anilines is 1. The summed E-state index contributed by atoms with van der Waals surface area (Å²) in [5, 5.41) is 13.8. The van der Waals surface area contributed by atoms with Crippen molar-refractivity contribution in [1.29, 1.82) is 0 Å². The average molecular weight is 223 g/mol. The Labute approximate surface area is 92.8 Å². The van der Waals surface area contributed by atoms with Gasteiger partial charge in [-0.25, -0.2) is 0 Å². The van der Waals surface area contributed by atoms with Gasteiger partial charge in [0.2, 0.25) is 11.7 Å². The number of hydrogen-bond donors (Lipinski definition) is 1. The SMILES string of the molecule is COc1ccc([N+](=O)[O-])c(NCC2CC2)n1. The summed E-state index contributed by atoms with van der Waals surface area (Å²) in [5.41, 5.74) is -0.0125. The predicted octanol–water partition coefficient (Wildman–Crippen LogP) is 1.82. The molecule has 6 heteroatoms. The topological polar surface area (TPSA) is 77.3 Å². The Balaban J connectivity index is 2.18. The van der Waals surface area contributed by atoms with Gasteiger partial charge in [-0.3, -0.25) is 10.1 Å². The fourth-order valence-electron chi connectivity index (χ4n) is 1.39. The second-order valence-corrected chi connectivity index (χ2v) is 3.80. The molecule has 0 aliphatic heterocycles. The fourth-order valence-corrected chi connectivity index (χ4v) is 1.39. The molecule has 1 fully saturated rings. The van der Waals surface area contributed by atoms with E-state index in [0.717, 1.165) is 6.54 Å². The highest BCUT2D eigenvalue weighted by molar-refractivity contribution is 5.57. The first kappa shape index (κ1) is 10.7. The van der Waals surface area contributed by atoms with Crippen LogP contribution in [0.4, 0.5) is 11.5 Å². The third kappa shape index (κ3) is 2.39. The van der Waals surface area contributed by atoms with Gasteiger partial charge in [0.15, 0.2) is 0 Å². The van der Waals surface area contributed by atoms with Gasteiger partial charge in [-0.2, -0.15) is 4.98 Å². The lowest BCUT2D eigenvalue weighted by Gasteiger charge is -2.06. The molecule has 0 saturated heterocycles. The van der Waals surface area contributed by atoms with Crippen LogP contribution in [0.1, 0.15) is 12.8 Å². The summed E-state index contributed by atoms with van der Waals surface area (Å²) < 4.78 is 4.94. The number of hydrogen-bond acceptors (Lipinski definition) is 5. The van der Waals surface area contributed by atoms with Crippen molar-refractivity contribution in [2.75, 3.05) is 19.0 Å². The van der Waals surface area contributed by atoms with Crippen LogP contribution in [0.25, 0.3) is 0 Å². The molecule has 0 bridgehead atoms. The molecular weight excluding hydrogens is 210 g/mol. The summed E-state index contributed by atoms with van der Waals surface area (Å²) in [5.74, 6) is 1.30. The molecule has 1 aliphatic carbocycles. The van der Waals surface area contributed by atoms with Crippen molar-refractivity contribution in [2.24, 2.45) is 5.92 Å². The van der Waals surface area contributed by atoms with Crippen LogP contribution in [0, 0.1) is 16.0 Å². The van der Waals surface area contributed by atoms with E-state index in [1.807, 2.05) is 0 Å². The van der Waals surface area contributed by atoms with Crippen molar-refractivity contribution in [3.8, 4) is 5.88 Å². The first-order chi connectivity index (χ1) is 7.70. The number of nitro groups is 1. The van der Waals surface area contributed by atoms with E-state index in [2.05, 4.69) is 10.3 Å². The van der Waals surface area contributed by atoms with Gasteiger partial charge in [-0.1, -0.05) is 0 Å². The number of nitrogens with one attached hydrogen (secondary N) is 1. The van der Waals surface area contributed by atoms with Gasteiger partial charge in [-0.05, 0) is 18.8 Å². The van der Waals surface area contributed by atoms with Crippen molar-refractivity contribution < 1.29 is 9.66 Å². The molecule has 0 aromatic carbocycles. The van der Waals surface area contributed by atoms with Crippen LogP contribution in [-0.4, -0.2) is 23.6 Å². The minimum Gasteiger partial charge on any atom is -0.481 e. The molecule has 2 rings (SSSR count). The molecule has 0 amide bonds. The molecule has 0 spiro atoms. The highest BCUT2D eigenvalue weighted by atomic mass is 16.6. The van der Waals surface area contributed by atoms with Gasteiger partial charge < -0.3 is 10.1 Å². The van der Waals surface area contributed by atoms with Crippen LogP contribution in [0.15, 0.2) is 12.1 Å². The van der Waals surface area contributed by atoms with E-state index in [1.165, 1.54) is 32.1 Å². The summed E-state index contributed by atoms with van der Waals surface area (Å²) in [7, 11) is 1.48. The van der Waals surface area contributed by atoms with Crippen LogP contribution < -0.4 is 10.1 Å². The average Bonchev–Trinajstić information content (AvgIpc) is 3.09. The number of aromatic nitrogens is 1. The number of pyridine rings is 1. The molecule has 1 saturated carbocycles. The molecule has 16 heavy (non-hydrogen) atoms. The maximum atomic E-state index is 10.8. The Hall–Kier alpha value is -1.85. The van der Waals surface area contributed by atoms with E-state index >= 15 is 0 Å². The fraction of sp³-hybridized carbons (Fsp3) is 0.500. The van der Waals surface area contributed by atoms with Crippen molar-refractivity contribution in [1.82, 2.24) is 4.98 Å². The van der Waals surface area contributed by atoms with Crippen LogP contribution in [-0.2, 0) is 0 Å². The van der Waals surface area contributed by atoms with E-state index in [0.29, 0.717) is 11.8 Å². The minimum absolute atomic E-state index is 0.0125. The predicted molar refractivity (Wildman–Crippen MR) is 58.7 cm³/mol. The van der Waals surface area contributed by atoms with E-state index in [1.54, 1.807) is 0 Å². The zero-order chi connectivity index (χ0) is 11.5. The number of methoxy groups -OCH3 is 1. The summed E-state index contributed by atoms with van der Waals surface area (Å²) in [6, 6.07) is 2.89. The van der Waals surface area contributed by atoms with Crippen LogP contribution in [0.2, 0.25) is 0 Å². The van der Waals surface area contributed by atoms with Gasteiger partial charge in [-0.15, -0.1) is 0 Å². The molecule has 0 atom stereocenters. The van der Waals surface area contributed by atoms with Gasteiger partial charge in [0.25, 0.3) is 0 Å². The zero-order valence-corrected chi connectivity index (χ0v) is 8.97. The number of nitrogens with zero attached hydrogens (tertiary/aromatic N) is 2. The van der Waals surface area contributed by atoms with Crippen molar-refractivity contribution in [2.45, 2.75) is 12.8 Å². The number of ether oxygens (including phenoxy) is 1. The molecule has 0 unspecified atom stereocenters. The van der Waals surface area contributed by atoms with E-state index in [-0.39, 0.29) is 11.5 Å². The maximum absolute atomic E-state index is 10.8. The second kappa shape index (κ2) is 4.34. The normalized spacial score (nSPS) is 14.6. The molecule has 1 N–H and O–H groups in total. The second-order valence-electron chi connectivity index (χ2n) is 3.80. The monoisotopic (exact) mass is 223 g/mol. The van der Waals surface area contributed by atoms with Crippen LogP contribution in [0.3, 0.4) is 0 Å². The Bertz CT molecular complexity index is 404. The van der Waals surface area contributed by atoms with E-state index in [9.17, 15) is 10.1 Å². The van der Waals surface area contributed by atoms with Gasteiger partial charge in [0, 0.05) is 18.7 Å². The lowest BCUT2D eigenvalue weighted by molar-refractivity contribution is -0.384. The lowest BCUT2D eigenvalue weighted by Crippen LogP contribution is -2.08. The first-order valence-corrected chi connectivity index (χ1v) is 5.14. The van der Waals surface area contributed by atoms with Gasteiger partial charge in [0.05, 0.1) is 12.0 Å². The summed E-state index contributed by atoms with van der Waals surface area (Å²) in [6.45, 7) is 0.737. The van der Waals surface area contributed by atoms with Gasteiger partial charge in [0.1, 0.15) is 0 Å². The molecular formula is C10H13N3O3. The largest absolute Gasteiger partial charge is 0.481 e. The van der Waals surface area contributed by atoms with Crippen molar-refractivity contribution in [3.63, 3.8) is 0 Å². The van der Waals surface area contributed by atoms with Crippen LogP contribution >= 0.6 is 0 Å². The Morgan fingerprint density at radius 1 is 1.62 bits per heavy atom. The Morgan fingerprint density at radius 2 is 2.38 bits per heavy atom. The summed E-state index contributed by atoms with van der Waals surface area (Å²) in [4.78, 5) is 14.4. The zero-order valence-electron chi connectivity index (χ0n) is 8.97. The molecule has 1 heterocycles. The lowest BCUT2D eigenvalue weighted by atomic mass is 10.3. The highest BCUT2D eigenvalue weighted by Crippen LogP contribution is 2.31. The Morgan fingerprint density at radius 3 is 2.94 bits per heavy atom. The first-order valence-electron chi connectivity index (χ1n) is 5.14. The molecule has 0 radical (unpaired) electrons. The van der Waals surface area contributed by atoms with E-state index < -0.39 is 4.92 Å². The van der Waals surface area contributed by atoms with Crippen LogP contribution in [0.5, 0.6) is 5.88 Å². The minimum atomic E-state index is -0.443. The standard InChI is InChI=1S/C10H13N3O3/c1-16-9-5-4-8(13(14)15)10(12-9)11-6-7-2-3-7/h4-5,7H,2-3,6H2,1H3,(H,11,12). The molecule has 86 valence electrons. The molecule has 1 aliphatic rings. The quantitative estimate of drug-likeness (QED) is 0.608. The van der Waals surface area contributed by atoms with E-state index in [4.69, 9.17) is 4.74 Å². The maximum Gasteiger partial charge on any atom is 0.311 e. The molecule has 1 aromatic heterocycles. The van der Waals surface area contributed by atoms with Crippen molar-refractivity contribution in [3.05, 3.63) is 22.2 Å². The van der Waals surface area contributed by atoms with Crippen molar-refractivity contribution >= 4 is 11.5 Å². The highest BCUT2D eigenvalue weighted by Gasteiger charge is 2.23. The Kier molecular flexibility index (Phi) is 2.89. The number of rotatable bonds is 5. The summed E-state index contributed by atoms with van der Waals surface area (Å²) in [6.07, 6.45) is 2.37. The summed E-state index contributed by atoms with van der Waals surface area (Å²) >= 11 is 0. The van der Waals surface area contributed by atoms with Gasteiger partial charge >= 0.3 is 5.69 Å². The smallest absolute Gasteiger partial charge is 0.311 e. The molecule has 1 aromatic rings. The third-order valence-electron chi connectivity index (χ3n) is 2.51. The molecule has 6 nitrogen and oxygen atoms in total. The third-order valence-corrected chi connectivity index (χ3v) is 2.51.